The lowest BCUT2D eigenvalue weighted by Crippen LogP contribution is -2.40. The normalized spacial score (nSPS) is 17.4. The van der Waals surface area contributed by atoms with Gasteiger partial charge in [0.2, 0.25) is 5.91 Å². The number of para-hydroxylation sites is 1. The Morgan fingerprint density at radius 2 is 2.04 bits per heavy atom. The van der Waals surface area contributed by atoms with Crippen LogP contribution in [0.1, 0.15) is 24.4 Å². The summed E-state index contributed by atoms with van der Waals surface area (Å²) < 4.78 is 1.75. The van der Waals surface area contributed by atoms with Crippen LogP contribution in [0, 0.1) is 12.8 Å². The van der Waals surface area contributed by atoms with Crippen molar-refractivity contribution in [1.29, 1.82) is 0 Å². The minimum atomic E-state index is -0.0721. The van der Waals surface area contributed by atoms with Crippen LogP contribution in [0.2, 0.25) is 0 Å². The Kier molecular flexibility index (Phi) is 5.38. The Morgan fingerprint density at radius 1 is 1.18 bits per heavy atom. The molecule has 4 rings (SSSR count). The fourth-order valence-electron chi connectivity index (χ4n) is 3.53. The molecular formula is C20H23N7O. The van der Waals surface area contributed by atoms with Crippen molar-refractivity contribution in [3.8, 4) is 5.69 Å². The number of nitrogens with zero attached hydrogens (tertiary/aromatic N) is 6. The Balaban J connectivity index is 1.41. The summed E-state index contributed by atoms with van der Waals surface area (Å²) in [7, 11) is 0. The maximum atomic E-state index is 12.7. The fourth-order valence-corrected chi connectivity index (χ4v) is 3.53. The van der Waals surface area contributed by atoms with Gasteiger partial charge >= 0.3 is 0 Å². The lowest BCUT2D eigenvalue weighted by molar-refractivity contribution is -0.121. The van der Waals surface area contributed by atoms with Crippen LogP contribution in [-0.2, 0) is 11.3 Å². The van der Waals surface area contributed by atoms with Crippen molar-refractivity contribution >= 4 is 11.7 Å². The zero-order valence-corrected chi connectivity index (χ0v) is 15.8. The van der Waals surface area contributed by atoms with Gasteiger partial charge in [0.25, 0.3) is 0 Å². The second-order valence-corrected chi connectivity index (χ2v) is 7.07. The fraction of sp³-hybridized carbons (Fsp3) is 0.350. The molecule has 3 aromatic rings. The van der Waals surface area contributed by atoms with Gasteiger partial charge in [-0.1, -0.05) is 24.3 Å². The summed E-state index contributed by atoms with van der Waals surface area (Å²) in [6, 6.07) is 15.5. The number of hydrogen-bond donors (Lipinski definition) is 1. The molecule has 144 valence electrons. The molecule has 1 unspecified atom stereocenters. The highest BCUT2D eigenvalue weighted by atomic mass is 16.2. The van der Waals surface area contributed by atoms with E-state index in [-0.39, 0.29) is 11.8 Å². The van der Waals surface area contributed by atoms with E-state index < -0.39 is 0 Å². The van der Waals surface area contributed by atoms with Gasteiger partial charge in [0.1, 0.15) is 5.82 Å². The molecule has 1 N–H and O–H groups in total. The number of aromatic nitrogens is 5. The molecule has 2 aromatic heterocycles. The predicted molar refractivity (Wildman–Crippen MR) is 105 cm³/mol. The molecule has 1 atom stereocenters. The second-order valence-electron chi connectivity index (χ2n) is 7.07. The Bertz CT molecular complexity index is 940. The van der Waals surface area contributed by atoms with Crippen molar-refractivity contribution in [3.05, 3.63) is 60.0 Å². The van der Waals surface area contributed by atoms with Crippen molar-refractivity contribution in [2.24, 2.45) is 5.92 Å². The van der Waals surface area contributed by atoms with Gasteiger partial charge in [0.05, 0.1) is 18.2 Å². The van der Waals surface area contributed by atoms with Crippen LogP contribution in [-0.4, -0.2) is 49.1 Å². The molecular weight excluding hydrogens is 354 g/mol. The minimum Gasteiger partial charge on any atom is -0.310 e. The second kappa shape index (κ2) is 8.26. The molecule has 1 aliphatic heterocycles. The maximum Gasteiger partial charge on any atom is 0.229 e. The summed E-state index contributed by atoms with van der Waals surface area (Å²) in [5.41, 5.74) is 1.81. The highest BCUT2D eigenvalue weighted by Crippen LogP contribution is 2.20. The van der Waals surface area contributed by atoms with Gasteiger partial charge < -0.3 is 5.32 Å². The van der Waals surface area contributed by atoms with Crippen LogP contribution >= 0.6 is 0 Å². The van der Waals surface area contributed by atoms with Gasteiger partial charge in [0, 0.05) is 12.2 Å². The average molecular weight is 377 g/mol. The highest BCUT2D eigenvalue weighted by molar-refractivity contribution is 5.91. The molecule has 0 radical (unpaired) electrons. The number of anilines is 1. The van der Waals surface area contributed by atoms with Crippen LogP contribution in [0.5, 0.6) is 0 Å². The molecule has 1 amide bonds. The van der Waals surface area contributed by atoms with Crippen molar-refractivity contribution in [1.82, 2.24) is 30.1 Å². The zero-order valence-electron chi connectivity index (χ0n) is 15.8. The van der Waals surface area contributed by atoms with Crippen LogP contribution in [0.15, 0.2) is 48.5 Å². The van der Waals surface area contributed by atoms with E-state index in [0.717, 1.165) is 36.6 Å². The van der Waals surface area contributed by atoms with Crippen molar-refractivity contribution in [3.63, 3.8) is 0 Å². The number of carbonyl (C=O) groups excluding carboxylic acids is 1. The van der Waals surface area contributed by atoms with E-state index >= 15 is 0 Å². The molecule has 1 aliphatic rings. The van der Waals surface area contributed by atoms with Gasteiger partial charge in [-0.25, -0.2) is 4.98 Å². The Labute approximate surface area is 163 Å². The molecule has 3 heterocycles. The van der Waals surface area contributed by atoms with Crippen LogP contribution < -0.4 is 5.32 Å². The van der Waals surface area contributed by atoms with E-state index in [0.29, 0.717) is 18.9 Å². The number of rotatable bonds is 5. The van der Waals surface area contributed by atoms with Crippen LogP contribution in [0.3, 0.4) is 0 Å². The van der Waals surface area contributed by atoms with Gasteiger partial charge in [0.15, 0.2) is 5.82 Å². The SMILES string of the molecule is Cc1cccc(NC(=O)C2CCCN(Cc3nnnn3-c3ccccc3)C2)n1. The van der Waals surface area contributed by atoms with Crippen molar-refractivity contribution in [2.75, 3.05) is 18.4 Å². The third kappa shape index (κ3) is 4.23. The van der Waals surface area contributed by atoms with E-state index in [2.05, 4.69) is 30.7 Å². The molecule has 1 aromatic carbocycles. The zero-order chi connectivity index (χ0) is 19.3. The molecule has 28 heavy (non-hydrogen) atoms. The molecule has 8 nitrogen and oxygen atoms in total. The highest BCUT2D eigenvalue weighted by Gasteiger charge is 2.27. The molecule has 8 heteroatoms. The number of hydrogen-bond acceptors (Lipinski definition) is 6. The van der Waals surface area contributed by atoms with E-state index in [1.54, 1.807) is 4.68 Å². The number of benzene rings is 1. The molecule has 1 saturated heterocycles. The summed E-state index contributed by atoms with van der Waals surface area (Å²) in [6.45, 7) is 4.12. The number of aryl methyl sites for hydroxylation is 1. The lowest BCUT2D eigenvalue weighted by atomic mass is 9.97. The predicted octanol–water partition coefficient (Wildman–Crippen LogP) is 2.22. The summed E-state index contributed by atoms with van der Waals surface area (Å²) in [5.74, 6) is 1.32. The maximum absolute atomic E-state index is 12.7. The number of pyridine rings is 1. The van der Waals surface area contributed by atoms with Crippen LogP contribution in [0.4, 0.5) is 5.82 Å². The molecule has 0 spiro atoms. The summed E-state index contributed by atoms with van der Waals surface area (Å²) in [4.78, 5) is 19.3. The number of carbonyl (C=O) groups is 1. The summed E-state index contributed by atoms with van der Waals surface area (Å²) >= 11 is 0. The first-order valence-electron chi connectivity index (χ1n) is 9.48. The van der Waals surface area contributed by atoms with E-state index in [1.807, 2.05) is 55.5 Å². The van der Waals surface area contributed by atoms with Crippen molar-refractivity contribution < 1.29 is 4.79 Å². The molecule has 0 bridgehead atoms. The third-order valence-electron chi connectivity index (χ3n) is 4.92. The average Bonchev–Trinajstić information content (AvgIpc) is 3.17. The Morgan fingerprint density at radius 3 is 2.86 bits per heavy atom. The lowest BCUT2D eigenvalue weighted by Gasteiger charge is -2.31. The van der Waals surface area contributed by atoms with Gasteiger partial charge in [-0.05, 0) is 61.0 Å². The first-order valence-corrected chi connectivity index (χ1v) is 9.48. The first-order chi connectivity index (χ1) is 13.7. The first kappa shape index (κ1) is 18.2. The van der Waals surface area contributed by atoms with E-state index in [4.69, 9.17) is 0 Å². The van der Waals surface area contributed by atoms with E-state index in [1.165, 1.54) is 0 Å². The largest absolute Gasteiger partial charge is 0.310 e. The van der Waals surface area contributed by atoms with Gasteiger partial charge in [-0.15, -0.1) is 5.10 Å². The monoisotopic (exact) mass is 377 g/mol. The number of tetrazole rings is 1. The quantitative estimate of drug-likeness (QED) is 0.733. The number of amides is 1. The smallest absolute Gasteiger partial charge is 0.229 e. The van der Waals surface area contributed by atoms with E-state index in [9.17, 15) is 4.79 Å². The molecule has 0 aliphatic carbocycles. The minimum absolute atomic E-state index is 0.0189. The van der Waals surface area contributed by atoms with Crippen LogP contribution in [0.25, 0.3) is 5.69 Å². The molecule has 0 saturated carbocycles. The Hall–Kier alpha value is -3.13. The summed E-state index contributed by atoms with van der Waals surface area (Å²) in [5, 5.41) is 15.1. The third-order valence-corrected chi connectivity index (χ3v) is 4.92. The number of likely N-dealkylation sites (tertiary alicyclic amines) is 1. The number of piperidine rings is 1. The topological polar surface area (TPSA) is 88.8 Å². The standard InChI is InChI=1S/C20H23N7O/c1-15-7-5-11-18(21-15)22-20(28)16-8-6-12-26(13-16)14-19-23-24-25-27(19)17-9-3-2-4-10-17/h2-5,7,9-11,16H,6,8,12-14H2,1H3,(H,21,22,28). The number of nitrogens with one attached hydrogen (secondary N) is 1. The van der Waals surface area contributed by atoms with Gasteiger partial charge in [-0.2, -0.15) is 4.68 Å². The van der Waals surface area contributed by atoms with Gasteiger partial charge in [-0.3, -0.25) is 9.69 Å². The van der Waals surface area contributed by atoms with Crippen molar-refractivity contribution in [2.45, 2.75) is 26.3 Å². The molecule has 1 fully saturated rings. The summed E-state index contributed by atoms with van der Waals surface area (Å²) in [6.07, 6.45) is 1.84.